The van der Waals surface area contributed by atoms with Crippen molar-refractivity contribution >= 4 is 23.2 Å². The van der Waals surface area contributed by atoms with Gasteiger partial charge in [0.2, 0.25) is 0 Å². The van der Waals surface area contributed by atoms with Crippen LogP contribution in [-0.2, 0) is 0 Å². The average molecular weight is 298 g/mol. The Kier molecular flexibility index (Phi) is 4.54. The van der Waals surface area contributed by atoms with Gasteiger partial charge in [0.05, 0.1) is 10.5 Å². The molecule has 0 radical (unpaired) electrons. The summed E-state index contributed by atoms with van der Waals surface area (Å²) >= 11 is 5.89. The number of aromatic nitrogens is 1. The Labute approximate surface area is 121 Å². The molecule has 7 heteroatoms. The van der Waals surface area contributed by atoms with E-state index in [-0.39, 0.29) is 22.3 Å². The van der Waals surface area contributed by atoms with Crippen molar-refractivity contribution in [2.75, 3.05) is 13.1 Å². The van der Waals surface area contributed by atoms with E-state index >= 15 is 0 Å². The van der Waals surface area contributed by atoms with Crippen LogP contribution in [0.5, 0.6) is 0 Å². The Morgan fingerprint density at radius 3 is 3.05 bits per heavy atom. The fraction of sp³-hybridized carbons (Fsp3) is 0.538. The summed E-state index contributed by atoms with van der Waals surface area (Å²) in [5.41, 5.74) is -0.111. The van der Waals surface area contributed by atoms with E-state index in [0.717, 1.165) is 25.5 Å². The van der Waals surface area contributed by atoms with E-state index in [1.54, 1.807) is 4.90 Å². The maximum absolute atomic E-state index is 12.4. The van der Waals surface area contributed by atoms with Crippen molar-refractivity contribution in [1.29, 1.82) is 0 Å². The van der Waals surface area contributed by atoms with E-state index in [1.807, 2.05) is 0 Å². The topological polar surface area (TPSA) is 76.3 Å². The summed E-state index contributed by atoms with van der Waals surface area (Å²) in [4.78, 5) is 28.0. The number of likely N-dealkylation sites (tertiary alicyclic amines) is 1. The molecule has 0 spiro atoms. The van der Waals surface area contributed by atoms with Gasteiger partial charge < -0.3 is 4.90 Å². The minimum absolute atomic E-state index is 0.0135. The summed E-state index contributed by atoms with van der Waals surface area (Å²) in [5.74, 6) is 0.235. The van der Waals surface area contributed by atoms with Crippen molar-refractivity contribution in [3.8, 4) is 0 Å². The molecular formula is C13H16ClN3O3. The van der Waals surface area contributed by atoms with E-state index in [1.165, 1.54) is 6.07 Å². The van der Waals surface area contributed by atoms with Gasteiger partial charge in [-0.3, -0.25) is 14.9 Å². The van der Waals surface area contributed by atoms with Gasteiger partial charge in [0.25, 0.3) is 11.6 Å². The highest BCUT2D eigenvalue weighted by atomic mass is 35.5. The second-order valence-corrected chi connectivity index (χ2v) is 5.34. The molecule has 1 atom stereocenters. The standard InChI is InChI=1S/C13H16ClN3O3/c1-2-3-9-4-5-16(8-9)13(18)11-6-10(17(19)20)7-15-12(11)14/h6-7,9H,2-5,8H2,1H3. The smallest absolute Gasteiger partial charge is 0.288 e. The summed E-state index contributed by atoms with van der Waals surface area (Å²) < 4.78 is 0. The summed E-state index contributed by atoms with van der Waals surface area (Å²) in [7, 11) is 0. The molecule has 2 heterocycles. The van der Waals surface area contributed by atoms with Gasteiger partial charge in [-0.05, 0) is 18.8 Å². The fourth-order valence-electron chi connectivity index (χ4n) is 2.52. The predicted molar refractivity (Wildman–Crippen MR) is 74.8 cm³/mol. The number of halogens is 1. The predicted octanol–water partition coefficient (Wildman–Crippen LogP) is 2.91. The fourth-order valence-corrected chi connectivity index (χ4v) is 2.70. The number of nitro groups is 1. The number of nitrogens with zero attached hydrogens (tertiary/aromatic N) is 3. The van der Waals surface area contributed by atoms with Crippen molar-refractivity contribution in [3.63, 3.8) is 0 Å². The lowest BCUT2D eigenvalue weighted by molar-refractivity contribution is -0.385. The number of carbonyl (C=O) groups is 1. The van der Waals surface area contributed by atoms with Crippen molar-refractivity contribution in [2.24, 2.45) is 5.92 Å². The Hall–Kier alpha value is -1.69. The van der Waals surface area contributed by atoms with E-state index in [9.17, 15) is 14.9 Å². The van der Waals surface area contributed by atoms with Gasteiger partial charge >= 0.3 is 0 Å². The lowest BCUT2D eigenvalue weighted by Crippen LogP contribution is -2.29. The summed E-state index contributed by atoms with van der Waals surface area (Å²) in [6.45, 7) is 3.47. The monoisotopic (exact) mass is 297 g/mol. The number of hydrogen-bond donors (Lipinski definition) is 0. The van der Waals surface area contributed by atoms with Crippen LogP contribution in [0.1, 0.15) is 36.5 Å². The lowest BCUT2D eigenvalue weighted by Gasteiger charge is -2.16. The molecule has 0 bridgehead atoms. The van der Waals surface area contributed by atoms with E-state index in [4.69, 9.17) is 11.6 Å². The molecular weight excluding hydrogens is 282 g/mol. The maximum atomic E-state index is 12.4. The first-order chi connectivity index (χ1) is 9.52. The minimum atomic E-state index is -0.579. The number of amides is 1. The van der Waals surface area contributed by atoms with Gasteiger partial charge in [-0.25, -0.2) is 4.98 Å². The van der Waals surface area contributed by atoms with Crippen molar-refractivity contribution in [3.05, 3.63) is 33.1 Å². The molecule has 6 nitrogen and oxygen atoms in total. The molecule has 0 aromatic carbocycles. The molecule has 1 aromatic rings. The Balaban J connectivity index is 2.17. The number of hydrogen-bond acceptors (Lipinski definition) is 4. The molecule has 20 heavy (non-hydrogen) atoms. The molecule has 0 aliphatic carbocycles. The quantitative estimate of drug-likeness (QED) is 0.486. The Morgan fingerprint density at radius 2 is 2.40 bits per heavy atom. The molecule has 2 rings (SSSR count). The zero-order valence-corrected chi connectivity index (χ0v) is 12.0. The maximum Gasteiger partial charge on any atom is 0.288 e. The van der Waals surface area contributed by atoms with Crippen LogP contribution >= 0.6 is 11.6 Å². The normalized spacial score (nSPS) is 18.3. The zero-order valence-electron chi connectivity index (χ0n) is 11.2. The molecule has 0 N–H and O–H groups in total. The largest absolute Gasteiger partial charge is 0.338 e. The second kappa shape index (κ2) is 6.17. The van der Waals surface area contributed by atoms with Crippen LogP contribution in [0.3, 0.4) is 0 Å². The molecule has 1 unspecified atom stereocenters. The molecule has 1 aromatic heterocycles. The van der Waals surface area contributed by atoms with E-state index in [2.05, 4.69) is 11.9 Å². The molecule has 1 aliphatic rings. The molecule has 1 aliphatic heterocycles. The minimum Gasteiger partial charge on any atom is -0.338 e. The van der Waals surface area contributed by atoms with Crippen LogP contribution in [0.15, 0.2) is 12.3 Å². The van der Waals surface area contributed by atoms with Gasteiger partial charge in [0, 0.05) is 19.2 Å². The van der Waals surface area contributed by atoms with E-state index in [0.29, 0.717) is 19.0 Å². The molecule has 1 amide bonds. The Bertz CT molecular complexity index is 536. The first-order valence-corrected chi connectivity index (χ1v) is 7.00. The zero-order chi connectivity index (χ0) is 14.7. The van der Waals surface area contributed by atoms with Crippen molar-refractivity contribution in [2.45, 2.75) is 26.2 Å². The molecule has 1 fully saturated rings. The third kappa shape index (κ3) is 3.07. The van der Waals surface area contributed by atoms with Crippen LogP contribution in [0, 0.1) is 16.0 Å². The third-order valence-electron chi connectivity index (χ3n) is 3.54. The van der Waals surface area contributed by atoms with Crippen LogP contribution in [-0.4, -0.2) is 33.8 Å². The number of rotatable bonds is 4. The Morgan fingerprint density at radius 1 is 1.65 bits per heavy atom. The number of carbonyl (C=O) groups excluding carboxylic acids is 1. The van der Waals surface area contributed by atoms with Crippen LogP contribution in [0.2, 0.25) is 5.15 Å². The highest BCUT2D eigenvalue weighted by Gasteiger charge is 2.28. The van der Waals surface area contributed by atoms with Crippen molar-refractivity contribution < 1.29 is 9.72 Å². The summed E-state index contributed by atoms with van der Waals surface area (Å²) in [6, 6.07) is 1.20. The second-order valence-electron chi connectivity index (χ2n) is 4.98. The molecule has 108 valence electrons. The highest BCUT2D eigenvalue weighted by Crippen LogP contribution is 2.26. The van der Waals surface area contributed by atoms with Gasteiger partial charge in [-0.2, -0.15) is 0 Å². The summed E-state index contributed by atoms with van der Waals surface area (Å²) in [5, 5.41) is 10.8. The van der Waals surface area contributed by atoms with Crippen LogP contribution in [0.4, 0.5) is 5.69 Å². The number of pyridine rings is 1. The SMILES string of the molecule is CCCC1CCN(C(=O)c2cc([N+](=O)[O-])cnc2Cl)C1. The summed E-state index contributed by atoms with van der Waals surface area (Å²) in [6.07, 6.45) is 4.21. The molecule has 1 saturated heterocycles. The van der Waals surface area contributed by atoms with Gasteiger partial charge in [-0.1, -0.05) is 24.9 Å². The van der Waals surface area contributed by atoms with Gasteiger partial charge in [0.1, 0.15) is 11.3 Å². The van der Waals surface area contributed by atoms with E-state index < -0.39 is 4.92 Å². The van der Waals surface area contributed by atoms with Crippen LogP contribution < -0.4 is 0 Å². The lowest BCUT2D eigenvalue weighted by atomic mass is 10.0. The average Bonchev–Trinajstić information content (AvgIpc) is 2.87. The van der Waals surface area contributed by atoms with Crippen LogP contribution in [0.25, 0.3) is 0 Å². The van der Waals surface area contributed by atoms with Crippen molar-refractivity contribution in [1.82, 2.24) is 9.88 Å². The third-order valence-corrected chi connectivity index (χ3v) is 3.84. The van der Waals surface area contributed by atoms with Gasteiger partial charge in [0.15, 0.2) is 0 Å². The highest BCUT2D eigenvalue weighted by molar-refractivity contribution is 6.32. The first-order valence-electron chi connectivity index (χ1n) is 6.62. The first kappa shape index (κ1) is 14.7. The molecule has 0 saturated carbocycles. The van der Waals surface area contributed by atoms with Gasteiger partial charge in [-0.15, -0.1) is 0 Å².